The topological polar surface area (TPSA) is 33.5 Å². The Morgan fingerprint density at radius 1 is 0.453 bits per heavy atom. The number of rotatable bonds is 8. The maximum absolute atomic E-state index is 7.32. The predicted molar refractivity (Wildman–Crippen MR) is 318 cm³/mol. The first-order valence-corrected chi connectivity index (χ1v) is 28.8. The van der Waals surface area contributed by atoms with E-state index in [0.29, 0.717) is 6.67 Å². The average molecular weight is 989 g/mol. The van der Waals surface area contributed by atoms with E-state index in [1.54, 1.807) is 0 Å². The second-order valence-electron chi connectivity index (χ2n) is 22.6. The number of ether oxygens (including phenoxy) is 1. The molecule has 5 nitrogen and oxygen atoms in total. The SMILES string of the molecule is CC(C)(C)c1ccnc(-n2c3ccccc3c3ccc(Oc4cc(N5CN(c6c(-c7ccccc7)cc(C(C)(C)C)cc6-c6ccccc6)c6ccccc65)cc([Si]5(C)c6ccccc6-c6ccccc65)c4)cc32)c1. The third-order valence-corrected chi connectivity index (χ3v) is 20.4. The molecule has 366 valence electrons. The molecule has 13 rings (SSSR count). The summed E-state index contributed by atoms with van der Waals surface area (Å²) >= 11 is 0. The lowest BCUT2D eigenvalue weighted by molar-refractivity contribution is 0.484. The van der Waals surface area contributed by atoms with Crippen molar-refractivity contribution in [1.82, 2.24) is 9.55 Å². The summed E-state index contributed by atoms with van der Waals surface area (Å²) in [4.78, 5) is 10.0. The van der Waals surface area contributed by atoms with Gasteiger partial charge >= 0.3 is 0 Å². The van der Waals surface area contributed by atoms with Crippen LogP contribution in [0.1, 0.15) is 52.7 Å². The number of benzene rings is 9. The number of nitrogens with zero attached hydrogens (tertiary/aromatic N) is 4. The quantitative estimate of drug-likeness (QED) is 0.142. The van der Waals surface area contributed by atoms with Gasteiger partial charge in [-0.25, -0.2) is 4.98 Å². The molecular weight excluding hydrogens is 929 g/mol. The Bertz CT molecular complexity index is 3910. The molecule has 2 aliphatic rings. The van der Waals surface area contributed by atoms with Crippen LogP contribution in [0.4, 0.5) is 22.7 Å². The summed E-state index contributed by atoms with van der Waals surface area (Å²) in [7, 11) is -2.61. The van der Waals surface area contributed by atoms with E-state index in [4.69, 9.17) is 9.72 Å². The number of hydrogen-bond donors (Lipinski definition) is 0. The zero-order chi connectivity index (χ0) is 51.2. The Balaban J connectivity index is 1.01. The monoisotopic (exact) mass is 988 g/mol. The van der Waals surface area contributed by atoms with E-state index < -0.39 is 8.07 Å². The molecule has 0 atom stereocenters. The second kappa shape index (κ2) is 17.6. The molecule has 0 radical (unpaired) electrons. The highest BCUT2D eigenvalue weighted by molar-refractivity contribution is 7.13. The molecule has 0 unspecified atom stereocenters. The van der Waals surface area contributed by atoms with Crippen molar-refractivity contribution in [3.8, 4) is 50.7 Å². The van der Waals surface area contributed by atoms with Crippen molar-refractivity contribution in [2.75, 3.05) is 16.5 Å². The van der Waals surface area contributed by atoms with Crippen LogP contribution in [0.25, 0.3) is 61.0 Å². The molecular formula is C69H60N4OSi. The average Bonchev–Trinajstić information content (AvgIpc) is 4.13. The summed E-state index contributed by atoms with van der Waals surface area (Å²) in [5, 5.41) is 6.48. The Kier molecular flexibility index (Phi) is 10.9. The molecule has 2 aliphatic heterocycles. The molecule has 6 heteroatoms. The van der Waals surface area contributed by atoms with Gasteiger partial charge in [-0.15, -0.1) is 0 Å². The second-order valence-corrected chi connectivity index (χ2v) is 26.5. The van der Waals surface area contributed by atoms with Crippen molar-refractivity contribution in [1.29, 1.82) is 0 Å². The molecule has 0 N–H and O–H groups in total. The summed E-state index contributed by atoms with van der Waals surface area (Å²) in [6, 6.07) is 80.5. The maximum Gasteiger partial charge on any atom is 0.147 e. The zero-order valence-corrected chi connectivity index (χ0v) is 44.8. The lowest BCUT2D eigenvalue weighted by Gasteiger charge is -2.31. The van der Waals surface area contributed by atoms with Crippen molar-refractivity contribution < 1.29 is 4.74 Å². The van der Waals surface area contributed by atoms with Crippen LogP contribution in [0.5, 0.6) is 11.5 Å². The van der Waals surface area contributed by atoms with Crippen molar-refractivity contribution in [3.63, 3.8) is 0 Å². The minimum absolute atomic E-state index is 0.0358. The Morgan fingerprint density at radius 3 is 1.65 bits per heavy atom. The summed E-state index contributed by atoms with van der Waals surface area (Å²) in [5.74, 6) is 2.46. The molecule has 4 heterocycles. The number of fused-ring (bicyclic) bond motifs is 7. The molecule has 0 aliphatic carbocycles. The molecule has 0 bridgehead atoms. The third-order valence-electron chi connectivity index (χ3n) is 15.9. The van der Waals surface area contributed by atoms with Crippen molar-refractivity contribution in [2.24, 2.45) is 0 Å². The number of aromatic nitrogens is 2. The highest BCUT2D eigenvalue weighted by atomic mass is 28.3. The van der Waals surface area contributed by atoms with Gasteiger partial charge in [-0.3, -0.25) is 4.57 Å². The smallest absolute Gasteiger partial charge is 0.147 e. The molecule has 75 heavy (non-hydrogen) atoms. The number of hydrogen-bond acceptors (Lipinski definition) is 4. The van der Waals surface area contributed by atoms with E-state index in [0.717, 1.165) is 50.8 Å². The molecule has 9 aromatic carbocycles. The van der Waals surface area contributed by atoms with E-state index in [-0.39, 0.29) is 10.8 Å². The largest absolute Gasteiger partial charge is 0.457 e. The van der Waals surface area contributed by atoms with Crippen LogP contribution in [0.15, 0.2) is 225 Å². The summed E-state index contributed by atoms with van der Waals surface area (Å²) < 4.78 is 9.62. The predicted octanol–water partition coefficient (Wildman–Crippen LogP) is 16.2. The molecule has 0 saturated heterocycles. The van der Waals surface area contributed by atoms with Crippen LogP contribution in [-0.4, -0.2) is 24.3 Å². The molecule has 0 fully saturated rings. The van der Waals surface area contributed by atoms with Gasteiger partial charge in [0.15, 0.2) is 0 Å². The fourth-order valence-electron chi connectivity index (χ4n) is 11.9. The van der Waals surface area contributed by atoms with Gasteiger partial charge in [-0.2, -0.15) is 0 Å². The standard InChI is InChI=1S/C69H60N4OSi/c1-68(2,3)48-36-37-70-66(40-48)73-60-29-17-14-26-54(60)55-35-34-51(44-63(55)73)74-52-41-50(42-53(43-52)75(7)64-32-20-15-27-56(64)57-28-16-21-33-65(57)75)71-45-72(62-31-19-18-30-61(62)71)67-58(46-22-10-8-11-23-46)38-49(69(4,5)6)39-59(67)47-24-12-9-13-25-47/h8-44H,45H2,1-7H3. The van der Waals surface area contributed by atoms with E-state index in [2.05, 4.69) is 281 Å². The lowest BCUT2D eigenvalue weighted by atomic mass is 9.82. The van der Waals surface area contributed by atoms with Gasteiger partial charge in [0, 0.05) is 45.9 Å². The maximum atomic E-state index is 7.32. The summed E-state index contributed by atoms with van der Waals surface area (Å²) in [6.07, 6.45) is 1.94. The van der Waals surface area contributed by atoms with Crippen LogP contribution in [0, 0.1) is 0 Å². The minimum Gasteiger partial charge on any atom is -0.457 e. The van der Waals surface area contributed by atoms with Crippen LogP contribution in [0.2, 0.25) is 6.55 Å². The Hall–Kier alpha value is -8.45. The van der Waals surface area contributed by atoms with Crippen LogP contribution in [-0.2, 0) is 10.8 Å². The number of pyridine rings is 1. The van der Waals surface area contributed by atoms with Crippen LogP contribution < -0.4 is 30.1 Å². The fourth-order valence-corrected chi connectivity index (χ4v) is 16.1. The third kappa shape index (κ3) is 7.77. The van der Waals surface area contributed by atoms with Gasteiger partial charge in [-0.1, -0.05) is 188 Å². The van der Waals surface area contributed by atoms with Crippen molar-refractivity contribution in [3.05, 3.63) is 236 Å². The molecule has 0 saturated carbocycles. The highest BCUT2D eigenvalue weighted by Crippen LogP contribution is 2.52. The van der Waals surface area contributed by atoms with Gasteiger partial charge in [0.25, 0.3) is 0 Å². The molecule has 0 amide bonds. The summed E-state index contributed by atoms with van der Waals surface area (Å²) in [6.45, 7) is 16.8. The van der Waals surface area contributed by atoms with Crippen molar-refractivity contribution >= 4 is 68.2 Å². The first-order chi connectivity index (χ1) is 36.3. The highest BCUT2D eigenvalue weighted by Gasteiger charge is 2.44. The molecule has 2 aromatic heterocycles. The summed E-state index contributed by atoms with van der Waals surface area (Å²) in [5.41, 5.74) is 16.6. The van der Waals surface area contributed by atoms with Gasteiger partial charge in [0.1, 0.15) is 32.1 Å². The fraction of sp³-hybridized carbons (Fsp3) is 0.145. The minimum atomic E-state index is -2.61. The molecule has 11 aromatic rings. The normalized spacial score (nSPS) is 13.8. The first kappa shape index (κ1) is 46.3. The lowest BCUT2D eigenvalue weighted by Crippen LogP contribution is -2.62. The van der Waals surface area contributed by atoms with E-state index in [1.807, 2.05) is 6.20 Å². The van der Waals surface area contributed by atoms with E-state index in [1.165, 1.54) is 71.1 Å². The van der Waals surface area contributed by atoms with Crippen LogP contribution in [0.3, 0.4) is 0 Å². The van der Waals surface area contributed by atoms with Gasteiger partial charge in [0.05, 0.1) is 28.1 Å². The first-order valence-electron chi connectivity index (χ1n) is 26.3. The van der Waals surface area contributed by atoms with E-state index >= 15 is 0 Å². The van der Waals surface area contributed by atoms with Gasteiger partial charge in [-0.05, 0) is 127 Å². The number of anilines is 4. The van der Waals surface area contributed by atoms with Gasteiger partial charge < -0.3 is 14.5 Å². The zero-order valence-electron chi connectivity index (χ0n) is 43.8. The van der Waals surface area contributed by atoms with E-state index in [9.17, 15) is 0 Å². The Labute approximate surface area is 442 Å². The van der Waals surface area contributed by atoms with Gasteiger partial charge in [0.2, 0.25) is 0 Å². The number of para-hydroxylation sites is 3. The molecule has 0 spiro atoms. The van der Waals surface area contributed by atoms with Crippen molar-refractivity contribution in [2.45, 2.75) is 58.9 Å². The van der Waals surface area contributed by atoms with Crippen LogP contribution >= 0.6 is 0 Å². The Morgan fingerprint density at radius 2 is 1.01 bits per heavy atom.